The van der Waals surface area contributed by atoms with E-state index in [4.69, 9.17) is 0 Å². The molecule has 0 aliphatic rings. The normalized spacial score (nSPS) is 11.7. The minimum atomic E-state index is -3.84. The van der Waals surface area contributed by atoms with Crippen molar-refractivity contribution in [3.8, 4) is 11.4 Å². The maximum Gasteiger partial charge on any atom is 0.258 e. The van der Waals surface area contributed by atoms with Gasteiger partial charge >= 0.3 is 0 Å². The van der Waals surface area contributed by atoms with Crippen LogP contribution in [0.2, 0.25) is 0 Å². The van der Waals surface area contributed by atoms with Crippen LogP contribution in [-0.2, 0) is 22.6 Å². The van der Waals surface area contributed by atoms with Gasteiger partial charge in [-0.2, -0.15) is 0 Å². The Balaban J connectivity index is 1.73. The summed E-state index contributed by atoms with van der Waals surface area (Å²) in [5.41, 5.74) is 0.971. The summed E-state index contributed by atoms with van der Waals surface area (Å²) in [6, 6.07) is 15.5. The summed E-state index contributed by atoms with van der Waals surface area (Å²) in [6.45, 7) is 0. The van der Waals surface area contributed by atoms with Crippen molar-refractivity contribution in [3.05, 3.63) is 76.8 Å². The van der Waals surface area contributed by atoms with Crippen LogP contribution in [0.25, 0.3) is 17.0 Å². The maximum atomic E-state index is 12.8. The highest BCUT2D eigenvalue weighted by atomic mass is 32.2. The van der Waals surface area contributed by atoms with Gasteiger partial charge in [-0.15, -0.1) is 10.2 Å². The monoisotopic (exact) mass is 381 g/mol. The van der Waals surface area contributed by atoms with Crippen LogP contribution in [-0.4, -0.2) is 32.6 Å². The minimum Gasteiger partial charge on any atom is -0.301 e. The fourth-order valence-corrected chi connectivity index (χ4v) is 4.20. The Morgan fingerprint density at radius 3 is 2.52 bits per heavy atom. The highest BCUT2D eigenvalue weighted by molar-refractivity contribution is 7.90. The third-order valence-corrected chi connectivity index (χ3v) is 5.69. The van der Waals surface area contributed by atoms with Crippen LogP contribution in [0, 0.1) is 0 Å². The average Bonchev–Trinajstić information content (AvgIpc) is 3.04. The lowest BCUT2D eigenvalue weighted by molar-refractivity contribution is 0.577. The second-order valence-electron chi connectivity index (χ2n) is 6.00. The number of pyridine rings is 1. The van der Waals surface area contributed by atoms with E-state index in [0.717, 1.165) is 5.56 Å². The zero-order valence-corrected chi connectivity index (χ0v) is 15.2. The summed E-state index contributed by atoms with van der Waals surface area (Å²) in [5.74, 6) is 0.00899. The number of hydrogen-bond donors (Lipinski definition) is 0. The van der Waals surface area contributed by atoms with Gasteiger partial charge in [-0.25, -0.2) is 13.4 Å². The molecule has 4 rings (SSSR count). The summed E-state index contributed by atoms with van der Waals surface area (Å²) in [4.78, 5) is 16.4. The van der Waals surface area contributed by atoms with Gasteiger partial charge in [0, 0.05) is 24.9 Å². The van der Waals surface area contributed by atoms with Crippen molar-refractivity contribution < 1.29 is 8.42 Å². The van der Waals surface area contributed by atoms with Crippen molar-refractivity contribution in [1.82, 2.24) is 24.1 Å². The maximum absolute atomic E-state index is 12.8. The van der Waals surface area contributed by atoms with Crippen LogP contribution in [0.5, 0.6) is 0 Å². The van der Waals surface area contributed by atoms with E-state index in [1.807, 2.05) is 30.3 Å². The predicted molar refractivity (Wildman–Crippen MR) is 98.8 cm³/mol. The van der Waals surface area contributed by atoms with Crippen molar-refractivity contribution in [2.45, 2.75) is 10.9 Å². The van der Waals surface area contributed by atoms with Gasteiger partial charge in [0.15, 0.2) is 5.82 Å². The Kier molecular flexibility index (Phi) is 4.08. The topological polar surface area (TPSA) is 99.2 Å². The van der Waals surface area contributed by atoms with E-state index in [1.54, 1.807) is 31.4 Å². The van der Waals surface area contributed by atoms with Gasteiger partial charge in [-0.05, 0) is 12.1 Å². The molecule has 3 aromatic heterocycles. The van der Waals surface area contributed by atoms with E-state index in [9.17, 15) is 13.2 Å². The number of hydrogen-bond acceptors (Lipinski definition) is 6. The second kappa shape index (κ2) is 6.44. The third-order valence-electron chi connectivity index (χ3n) is 4.11. The van der Waals surface area contributed by atoms with E-state index >= 15 is 0 Å². The Morgan fingerprint density at radius 2 is 1.74 bits per heavy atom. The fraction of sp³-hybridized carbons (Fsp3) is 0.111. The molecule has 0 saturated heterocycles. The van der Waals surface area contributed by atoms with Gasteiger partial charge in [-0.1, -0.05) is 36.4 Å². The van der Waals surface area contributed by atoms with Crippen LogP contribution >= 0.6 is 0 Å². The van der Waals surface area contributed by atoms with Crippen molar-refractivity contribution in [3.63, 3.8) is 0 Å². The molecule has 0 N–H and O–H groups in total. The van der Waals surface area contributed by atoms with Crippen molar-refractivity contribution in [2.24, 2.45) is 7.05 Å². The molecule has 0 atom stereocenters. The molecule has 27 heavy (non-hydrogen) atoms. The first-order chi connectivity index (χ1) is 13.0. The molecule has 4 aromatic rings. The largest absolute Gasteiger partial charge is 0.301 e. The average molecular weight is 381 g/mol. The molecule has 0 fully saturated rings. The molecule has 1 aromatic carbocycles. The molecule has 0 unspecified atom stereocenters. The summed E-state index contributed by atoms with van der Waals surface area (Å²) in [6.07, 6.45) is 1.58. The van der Waals surface area contributed by atoms with E-state index in [1.165, 1.54) is 15.0 Å². The highest BCUT2D eigenvalue weighted by Crippen LogP contribution is 2.20. The molecule has 9 heteroatoms. The Bertz CT molecular complexity index is 1290. The van der Waals surface area contributed by atoms with Crippen molar-refractivity contribution in [1.29, 1.82) is 0 Å². The molecule has 0 radical (unpaired) electrons. The standard InChI is InChI=1S/C18H15N5O3S/c1-22-17(13-7-3-2-4-8-13)20-21-18(22)27(25,26)12-14-11-16(24)23-10-6-5-9-15(23)19-14/h2-11H,12H2,1H3. The molecule has 0 saturated carbocycles. The van der Waals surface area contributed by atoms with Crippen LogP contribution in [0.1, 0.15) is 5.69 Å². The number of nitrogens with zero attached hydrogens (tertiary/aromatic N) is 5. The number of benzene rings is 1. The molecule has 136 valence electrons. The molecular formula is C18H15N5O3S. The van der Waals surface area contributed by atoms with E-state index in [-0.39, 0.29) is 16.4 Å². The van der Waals surface area contributed by atoms with Gasteiger partial charge < -0.3 is 4.57 Å². The van der Waals surface area contributed by atoms with Gasteiger partial charge in [0.25, 0.3) is 5.56 Å². The lowest BCUT2D eigenvalue weighted by atomic mass is 10.2. The minimum absolute atomic E-state index is 0.162. The van der Waals surface area contributed by atoms with Gasteiger partial charge in [0.1, 0.15) is 11.4 Å². The third kappa shape index (κ3) is 3.13. The van der Waals surface area contributed by atoms with Crippen LogP contribution in [0.3, 0.4) is 0 Å². The molecule has 0 bridgehead atoms. The predicted octanol–water partition coefficient (Wildman–Crippen LogP) is 1.46. The summed E-state index contributed by atoms with van der Waals surface area (Å²) < 4.78 is 28.5. The molecule has 0 aliphatic carbocycles. The Hall–Kier alpha value is -3.33. The number of rotatable bonds is 4. The number of aromatic nitrogens is 5. The van der Waals surface area contributed by atoms with E-state index in [0.29, 0.717) is 11.5 Å². The van der Waals surface area contributed by atoms with Gasteiger partial charge in [0.2, 0.25) is 15.0 Å². The lowest BCUT2D eigenvalue weighted by Gasteiger charge is -2.06. The Morgan fingerprint density at radius 1 is 1.00 bits per heavy atom. The summed E-state index contributed by atoms with van der Waals surface area (Å²) in [7, 11) is -2.24. The smallest absolute Gasteiger partial charge is 0.258 e. The van der Waals surface area contributed by atoms with Crippen LogP contribution in [0.4, 0.5) is 0 Å². The summed E-state index contributed by atoms with van der Waals surface area (Å²) >= 11 is 0. The first-order valence-corrected chi connectivity index (χ1v) is 9.76. The van der Waals surface area contributed by atoms with Gasteiger partial charge in [0.05, 0.1) is 5.69 Å². The lowest BCUT2D eigenvalue weighted by Crippen LogP contribution is -2.18. The SMILES string of the molecule is Cn1c(-c2ccccc2)nnc1S(=O)(=O)Cc1cc(=O)n2ccccc2n1. The zero-order valence-electron chi connectivity index (χ0n) is 14.3. The highest BCUT2D eigenvalue weighted by Gasteiger charge is 2.25. The first-order valence-electron chi connectivity index (χ1n) is 8.10. The van der Waals surface area contributed by atoms with E-state index in [2.05, 4.69) is 15.2 Å². The van der Waals surface area contributed by atoms with Crippen molar-refractivity contribution in [2.75, 3.05) is 0 Å². The fourth-order valence-electron chi connectivity index (χ4n) is 2.86. The quantitative estimate of drug-likeness (QED) is 0.531. The molecule has 0 spiro atoms. The molecular weight excluding hydrogens is 366 g/mol. The number of fused-ring (bicyclic) bond motifs is 1. The van der Waals surface area contributed by atoms with Crippen LogP contribution < -0.4 is 5.56 Å². The van der Waals surface area contributed by atoms with Gasteiger partial charge in [-0.3, -0.25) is 9.20 Å². The second-order valence-corrected chi connectivity index (χ2v) is 7.89. The molecule has 0 aliphatic heterocycles. The molecule has 8 nitrogen and oxygen atoms in total. The van der Waals surface area contributed by atoms with E-state index < -0.39 is 15.6 Å². The first kappa shape index (κ1) is 17.1. The zero-order chi connectivity index (χ0) is 19.0. The number of sulfone groups is 1. The Labute approximate surface area is 154 Å². The van der Waals surface area contributed by atoms with Crippen molar-refractivity contribution >= 4 is 15.5 Å². The van der Waals surface area contributed by atoms with Crippen LogP contribution in [0.15, 0.2) is 70.7 Å². The molecule has 3 heterocycles. The molecule has 0 amide bonds. The summed E-state index contributed by atoms with van der Waals surface area (Å²) in [5, 5.41) is 7.70.